The molecule has 0 aliphatic carbocycles. The lowest BCUT2D eigenvalue weighted by Crippen LogP contribution is -2.34. The molecule has 0 atom stereocenters. The van der Waals surface area contributed by atoms with Crippen LogP contribution in [-0.4, -0.2) is 34.4 Å². The van der Waals surface area contributed by atoms with Gasteiger partial charge in [-0.25, -0.2) is 4.98 Å². The summed E-state index contributed by atoms with van der Waals surface area (Å²) >= 11 is 6.24. The van der Waals surface area contributed by atoms with Crippen LogP contribution in [0.5, 0.6) is 0 Å². The number of nitrogens with zero attached hydrogens (tertiary/aromatic N) is 3. The van der Waals surface area contributed by atoms with Gasteiger partial charge in [-0.15, -0.1) is 0 Å². The number of fused-ring (bicyclic) bond motifs is 1. The average Bonchev–Trinajstić information content (AvgIpc) is 2.55. The number of hydrogen-bond acceptors (Lipinski definition) is 5. The largest absolute Gasteiger partial charge is 0.369 e. The Morgan fingerprint density at radius 1 is 1.38 bits per heavy atom. The van der Waals surface area contributed by atoms with Crippen molar-refractivity contribution in [3.63, 3.8) is 0 Å². The third-order valence-corrected chi connectivity index (χ3v) is 4.63. The number of aryl methyl sites for hydroxylation is 1. The van der Waals surface area contributed by atoms with E-state index in [0.717, 1.165) is 37.6 Å². The van der Waals surface area contributed by atoms with Crippen molar-refractivity contribution in [3.8, 4) is 0 Å². The van der Waals surface area contributed by atoms with Gasteiger partial charge >= 0.3 is 0 Å². The summed E-state index contributed by atoms with van der Waals surface area (Å²) in [7, 11) is 0. The molecule has 1 aromatic heterocycles. The topological polar surface area (TPSA) is 71.3 Å². The molecule has 1 aromatic carbocycles. The zero-order valence-corrected chi connectivity index (χ0v) is 14.2. The second kappa shape index (κ2) is 7.15. The van der Waals surface area contributed by atoms with Gasteiger partial charge < -0.3 is 5.32 Å². The van der Waals surface area contributed by atoms with Gasteiger partial charge in [0.2, 0.25) is 0 Å². The van der Waals surface area contributed by atoms with E-state index >= 15 is 0 Å². The van der Waals surface area contributed by atoms with Crippen LogP contribution in [0.1, 0.15) is 16.8 Å². The normalized spacial score (nSPS) is 14.2. The summed E-state index contributed by atoms with van der Waals surface area (Å²) in [5, 5.41) is 14.9. The molecule has 1 N–H and O–H groups in total. The van der Waals surface area contributed by atoms with E-state index in [9.17, 15) is 10.1 Å². The summed E-state index contributed by atoms with van der Waals surface area (Å²) in [5.41, 5.74) is 3.02. The first-order valence-electron chi connectivity index (χ1n) is 7.89. The third-order valence-electron chi connectivity index (χ3n) is 4.28. The lowest BCUT2D eigenvalue weighted by Gasteiger charge is -2.29. The van der Waals surface area contributed by atoms with Crippen molar-refractivity contribution in [1.82, 2.24) is 9.88 Å². The molecule has 3 rings (SSSR count). The van der Waals surface area contributed by atoms with E-state index < -0.39 is 4.92 Å². The van der Waals surface area contributed by atoms with Crippen molar-refractivity contribution in [2.24, 2.45) is 0 Å². The second-order valence-corrected chi connectivity index (χ2v) is 6.30. The van der Waals surface area contributed by atoms with E-state index in [1.54, 1.807) is 13.0 Å². The number of aromatic nitrogens is 1. The molecule has 6 nitrogen and oxygen atoms in total. The highest BCUT2D eigenvalue weighted by Gasteiger charge is 2.18. The Kier molecular flexibility index (Phi) is 4.97. The quantitative estimate of drug-likeness (QED) is 0.663. The first kappa shape index (κ1) is 16.7. The molecule has 0 amide bonds. The van der Waals surface area contributed by atoms with Gasteiger partial charge in [0.25, 0.3) is 5.69 Å². The van der Waals surface area contributed by atoms with Crippen LogP contribution in [-0.2, 0) is 13.0 Å². The SMILES string of the molecule is Cc1nc(NCCN2CCc3c(Cl)cccc3C2)ccc1[N+](=O)[O-]. The first-order valence-corrected chi connectivity index (χ1v) is 8.27. The molecule has 126 valence electrons. The number of hydrogen-bond donors (Lipinski definition) is 1. The number of pyridine rings is 1. The summed E-state index contributed by atoms with van der Waals surface area (Å²) in [6.45, 7) is 5.13. The van der Waals surface area contributed by atoms with Gasteiger partial charge in [-0.3, -0.25) is 15.0 Å². The molecule has 1 aliphatic heterocycles. The standard InChI is InChI=1S/C17H19ClN4O2/c1-12-16(22(23)24)5-6-17(20-12)19-8-10-21-9-7-14-13(11-21)3-2-4-15(14)18/h2-6H,7-11H2,1H3,(H,19,20). The predicted octanol–water partition coefficient (Wildman–Crippen LogP) is 3.42. The van der Waals surface area contributed by atoms with Crippen LogP contribution in [0.3, 0.4) is 0 Å². The molecule has 0 saturated heterocycles. The van der Waals surface area contributed by atoms with Gasteiger partial charge in [0, 0.05) is 37.3 Å². The smallest absolute Gasteiger partial charge is 0.290 e. The van der Waals surface area contributed by atoms with Crippen molar-refractivity contribution in [2.75, 3.05) is 25.0 Å². The van der Waals surface area contributed by atoms with E-state index in [1.165, 1.54) is 17.2 Å². The van der Waals surface area contributed by atoms with Crippen LogP contribution in [0, 0.1) is 17.0 Å². The maximum Gasteiger partial charge on any atom is 0.290 e. The Hall–Kier alpha value is -2.18. The predicted molar refractivity (Wildman–Crippen MR) is 94.6 cm³/mol. The Balaban J connectivity index is 1.54. The third kappa shape index (κ3) is 3.66. The van der Waals surface area contributed by atoms with Crippen LogP contribution in [0.2, 0.25) is 5.02 Å². The Labute approximate surface area is 145 Å². The van der Waals surface area contributed by atoms with Crippen molar-refractivity contribution in [2.45, 2.75) is 19.9 Å². The molecule has 0 saturated carbocycles. The summed E-state index contributed by atoms with van der Waals surface area (Å²) in [4.78, 5) is 17.0. The van der Waals surface area contributed by atoms with Crippen LogP contribution >= 0.6 is 11.6 Å². The minimum Gasteiger partial charge on any atom is -0.369 e. The van der Waals surface area contributed by atoms with E-state index in [4.69, 9.17) is 11.6 Å². The second-order valence-electron chi connectivity index (χ2n) is 5.89. The van der Waals surface area contributed by atoms with Gasteiger partial charge in [0.05, 0.1) is 4.92 Å². The van der Waals surface area contributed by atoms with Crippen molar-refractivity contribution >= 4 is 23.1 Å². The number of benzene rings is 1. The highest BCUT2D eigenvalue weighted by atomic mass is 35.5. The number of anilines is 1. The molecule has 0 fully saturated rings. The van der Waals surface area contributed by atoms with E-state index in [2.05, 4.69) is 21.3 Å². The number of nitro groups is 1. The summed E-state index contributed by atoms with van der Waals surface area (Å²) in [5.74, 6) is 0.665. The van der Waals surface area contributed by atoms with E-state index in [-0.39, 0.29) is 5.69 Å². The molecule has 24 heavy (non-hydrogen) atoms. The molecule has 2 aromatic rings. The molecule has 0 bridgehead atoms. The molecule has 0 spiro atoms. The Morgan fingerprint density at radius 2 is 2.21 bits per heavy atom. The molecule has 7 heteroatoms. The summed E-state index contributed by atoms with van der Waals surface area (Å²) in [6, 6.07) is 9.20. The van der Waals surface area contributed by atoms with E-state index in [0.29, 0.717) is 11.5 Å². The first-order chi connectivity index (χ1) is 11.5. The van der Waals surface area contributed by atoms with Gasteiger partial charge in [0.15, 0.2) is 0 Å². The number of halogens is 1. The molecule has 0 unspecified atom stereocenters. The van der Waals surface area contributed by atoms with Crippen LogP contribution in [0.25, 0.3) is 0 Å². The fraction of sp³-hybridized carbons (Fsp3) is 0.353. The van der Waals surface area contributed by atoms with Crippen LogP contribution in [0.4, 0.5) is 11.5 Å². The lowest BCUT2D eigenvalue weighted by molar-refractivity contribution is -0.385. The molecular formula is C17H19ClN4O2. The zero-order chi connectivity index (χ0) is 17.1. The number of rotatable bonds is 5. The monoisotopic (exact) mass is 346 g/mol. The maximum absolute atomic E-state index is 10.8. The highest BCUT2D eigenvalue weighted by molar-refractivity contribution is 6.31. The van der Waals surface area contributed by atoms with E-state index in [1.807, 2.05) is 12.1 Å². The maximum atomic E-state index is 10.8. The van der Waals surface area contributed by atoms with Crippen LogP contribution < -0.4 is 5.32 Å². The van der Waals surface area contributed by atoms with Gasteiger partial charge in [-0.05, 0) is 36.6 Å². The summed E-state index contributed by atoms with van der Waals surface area (Å²) in [6.07, 6.45) is 0.962. The van der Waals surface area contributed by atoms with Crippen LogP contribution in [0.15, 0.2) is 30.3 Å². The van der Waals surface area contributed by atoms with Crippen molar-refractivity contribution in [1.29, 1.82) is 0 Å². The summed E-state index contributed by atoms with van der Waals surface area (Å²) < 4.78 is 0. The Morgan fingerprint density at radius 3 is 2.96 bits per heavy atom. The minimum absolute atomic E-state index is 0.0464. The molecule has 1 aliphatic rings. The minimum atomic E-state index is -0.414. The molecule has 2 heterocycles. The average molecular weight is 347 g/mol. The van der Waals surface area contributed by atoms with Gasteiger partial charge in [-0.2, -0.15) is 0 Å². The number of nitrogens with one attached hydrogen (secondary N) is 1. The lowest BCUT2D eigenvalue weighted by atomic mass is 10.00. The molecule has 0 radical (unpaired) electrons. The fourth-order valence-electron chi connectivity index (χ4n) is 3.00. The fourth-order valence-corrected chi connectivity index (χ4v) is 3.29. The van der Waals surface area contributed by atoms with Gasteiger partial charge in [0.1, 0.15) is 11.5 Å². The van der Waals surface area contributed by atoms with Crippen molar-refractivity contribution < 1.29 is 4.92 Å². The van der Waals surface area contributed by atoms with Gasteiger partial charge in [-0.1, -0.05) is 23.7 Å². The highest BCUT2D eigenvalue weighted by Crippen LogP contribution is 2.25. The zero-order valence-electron chi connectivity index (χ0n) is 13.5. The molecular weight excluding hydrogens is 328 g/mol. The van der Waals surface area contributed by atoms with Crippen molar-refractivity contribution in [3.05, 3.63) is 62.3 Å². The Bertz CT molecular complexity index is 766.